The van der Waals surface area contributed by atoms with Crippen LogP contribution in [0.3, 0.4) is 0 Å². The van der Waals surface area contributed by atoms with Gasteiger partial charge in [0.05, 0.1) is 13.0 Å². The van der Waals surface area contributed by atoms with E-state index < -0.39 is 0 Å². The summed E-state index contributed by atoms with van der Waals surface area (Å²) in [5, 5.41) is 0. The number of carbonyl (C=O) groups is 2. The van der Waals surface area contributed by atoms with E-state index in [-0.39, 0.29) is 23.8 Å². The number of carbonyl (C=O) groups excluding carboxylic acids is 2. The van der Waals surface area contributed by atoms with E-state index in [0.29, 0.717) is 6.04 Å². The Morgan fingerprint density at radius 2 is 2.29 bits per heavy atom. The SMILES string of the molecule is CC[C@H]1C(=O)N2[C@H](C(=O)OC)CC[C@@H]12. The summed E-state index contributed by atoms with van der Waals surface area (Å²) >= 11 is 0. The van der Waals surface area contributed by atoms with Crippen molar-refractivity contribution >= 4 is 11.9 Å². The number of hydrogen-bond acceptors (Lipinski definition) is 3. The zero-order valence-electron chi connectivity index (χ0n) is 8.53. The Morgan fingerprint density at radius 1 is 1.57 bits per heavy atom. The maximum absolute atomic E-state index is 11.6. The lowest BCUT2D eigenvalue weighted by Crippen LogP contribution is -2.61. The molecule has 0 radical (unpaired) electrons. The zero-order chi connectivity index (χ0) is 10.3. The average Bonchev–Trinajstić information content (AvgIpc) is 2.57. The van der Waals surface area contributed by atoms with Crippen LogP contribution in [0, 0.1) is 5.92 Å². The molecule has 2 aliphatic rings. The molecule has 0 N–H and O–H groups in total. The Labute approximate surface area is 83.2 Å². The van der Waals surface area contributed by atoms with Crippen molar-refractivity contribution in [2.45, 2.75) is 38.3 Å². The lowest BCUT2D eigenvalue weighted by molar-refractivity contribution is -0.165. The molecule has 78 valence electrons. The molecule has 4 heteroatoms. The van der Waals surface area contributed by atoms with Gasteiger partial charge < -0.3 is 9.64 Å². The van der Waals surface area contributed by atoms with E-state index in [0.717, 1.165) is 19.3 Å². The van der Waals surface area contributed by atoms with Crippen LogP contribution in [0.1, 0.15) is 26.2 Å². The molecule has 4 nitrogen and oxygen atoms in total. The Bertz CT molecular complexity index is 277. The molecule has 14 heavy (non-hydrogen) atoms. The second-order valence-corrected chi connectivity index (χ2v) is 3.94. The van der Waals surface area contributed by atoms with Gasteiger partial charge in [-0.05, 0) is 19.3 Å². The highest BCUT2D eigenvalue weighted by Gasteiger charge is 2.55. The number of β-lactam (4-membered cyclic amide) rings is 1. The van der Waals surface area contributed by atoms with Crippen molar-refractivity contribution in [2.24, 2.45) is 5.92 Å². The van der Waals surface area contributed by atoms with E-state index in [9.17, 15) is 9.59 Å². The Hall–Kier alpha value is -1.06. The van der Waals surface area contributed by atoms with E-state index >= 15 is 0 Å². The summed E-state index contributed by atoms with van der Waals surface area (Å²) < 4.78 is 4.67. The number of ether oxygens (including phenoxy) is 1. The van der Waals surface area contributed by atoms with Crippen molar-refractivity contribution < 1.29 is 14.3 Å². The molecule has 0 bridgehead atoms. The third-order valence-electron chi connectivity index (χ3n) is 3.38. The molecule has 2 aliphatic heterocycles. The van der Waals surface area contributed by atoms with Gasteiger partial charge in [0.15, 0.2) is 0 Å². The molecule has 1 amide bonds. The molecule has 0 saturated carbocycles. The summed E-state index contributed by atoms with van der Waals surface area (Å²) in [6.07, 6.45) is 2.59. The summed E-state index contributed by atoms with van der Waals surface area (Å²) in [6.45, 7) is 2.02. The highest BCUT2D eigenvalue weighted by Crippen LogP contribution is 2.41. The van der Waals surface area contributed by atoms with E-state index in [4.69, 9.17) is 0 Å². The van der Waals surface area contributed by atoms with Gasteiger partial charge in [-0.15, -0.1) is 0 Å². The second-order valence-electron chi connectivity index (χ2n) is 3.94. The number of nitrogens with zero attached hydrogens (tertiary/aromatic N) is 1. The molecule has 0 aromatic heterocycles. The van der Waals surface area contributed by atoms with Gasteiger partial charge in [0, 0.05) is 6.04 Å². The number of methoxy groups -OCH3 is 1. The predicted molar refractivity (Wildman–Crippen MR) is 49.5 cm³/mol. The number of fused-ring (bicyclic) bond motifs is 1. The monoisotopic (exact) mass is 197 g/mol. The van der Waals surface area contributed by atoms with Crippen LogP contribution in [-0.2, 0) is 14.3 Å². The Kier molecular flexibility index (Phi) is 2.21. The van der Waals surface area contributed by atoms with Crippen LogP contribution in [0.15, 0.2) is 0 Å². The molecule has 2 saturated heterocycles. The van der Waals surface area contributed by atoms with Crippen LogP contribution in [0.25, 0.3) is 0 Å². The topological polar surface area (TPSA) is 46.6 Å². The van der Waals surface area contributed by atoms with Gasteiger partial charge in [0.1, 0.15) is 6.04 Å². The third kappa shape index (κ3) is 1.06. The molecule has 0 aromatic rings. The van der Waals surface area contributed by atoms with Gasteiger partial charge >= 0.3 is 5.97 Å². The summed E-state index contributed by atoms with van der Waals surface area (Å²) in [6, 6.07) is -0.00287. The number of hydrogen-bond donors (Lipinski definition) is 0. The number of esters is 1. The molecule has 3 atom stereocenters. The van der Waals surface area contributed by atoms with E-state index in [1.807, 2.05) is 6.92 Å². The minimum atomic E-state index is -0.305. The molecular weight excluding hydrogens is 182 g/mol. The van der Waals surface area contributed by atoms with Crippen molar-refractivity contribution in [1.82, 2.24) is 4.90 Å². The first-order chi connectivity index (χ1) is 6.70. The molecule has 0 aliphatic carbocycles. The van der Waals surface area contributed by atoms with Crippen molar-refractivity contribution in [3.63, 3.8) is 0 Å². The summed E-state index contributed by atoms with van der Waals surface area (Å²) in [5.74, 6) is 0.0189. The molecule has 2 fully saturated rings. The van der Waals surface area contributed by atoms with Crippen LogP contribution < -0.4 is 0 Å². The fraction of sp³-hybridized carbons (Fsp3) is 0.800. The van der Waals surface area contributed by atoms with Gasteiger partial charge in [-0.25, -0.2) is 4.79 Å². The fourth-order valence-electron chi connectivity index (χ4n) is 2.64. The standard InChI is InChI=1S/C10H15NO3/c1-3-6-7-4-5-8(10(13)14-2)11(7)9(6)12/h6-8H,3-5H2,1-2H3/t6-,7+,8+/m1/s1. The summed E-state index contributed by atoms with van der Waals surface area (Å²) in [7, 11) is 1.37. The highest BCUT2D eigenvalue weighted by molar-refractivity contribution is 5.92. The van der Waals surface area contributed by atoms with Gasteiger partial charge in [0.25, 0.3) is 0 Å². The first kappa shape index (κ1) is 9.49. The molecule has 2 rings (SSSR count). The minimum absolute atomic E-state index is 0.130. The average molecular weight is 197 g/mol. The van der Waals surface area contributed by atoms with E-state index in [1.165, 1.54) is 7.11 Å². The molecule has 0 spiro atoms. The molecule has 2 heterocycles. The summed E-state index contributed by atoms with van der Waals surface area (Å²) in [5.41, 5.74) is 0. The van der Waals surface area contributed by atoms with Crippen LogP contribution in [0.5, 0.6) is 0 Å². The van der Waals surface area contributed by atoms with Crippen LogP contribution in [-0.4, -0.2) is 36.0 Å². The summed E-state index contributed by atoms with van der Waals surface area (Å²) in [4.78, 5) is 24.7. The molecule has 0 unspecified atom stereocenters. The van der Waals surface area contributed by atoms with Crippen LogP contribution in [0.2, 0.25) is 0 Å². The normalized spacial score (nSPS) is 35.1. The van der Waals surface area contributed by atoms with E-state index in [2.05, 4.69) is 4.74 Å². The Balaban J connectivity index is 2.08. The van der Waals surface area contributed by atoms with E-state index in [1.54, 1.807) is 4.90 Å². The third-order valence-corrected chi connectivity index (χ3v) is 3.38. The maximum atomic E-state index is 11.6. The van der Waals surface area contributed by atoms with Crippen molar-refractivity contribution in [3.05, 3.63) is 0 Å². The highest BCUT2D eigenvalue weighted by atomic mass is 16.5. The van der Waals surface area contributed by atoms with Gasteiger partial charge in [-0.1, -0.05) is 6.92 Å². The second kappa shape index (κ2) is 3.26. The molecular formula is C10H15NO3. The van der Waals surface area contributed by atoms with Gasteiger partial charge in [0.2, 0.25) is 5.91 Å². The first-order valence-electron chi connectivity index (χ1n) is 5.10. The van der Waals surface area contributed by atoms with Crippen molar-refractivity contribution in [3.8, 4) is 0 Å². The molecule has 0 aromatic carbocycles. The van der Waals surface area contributed by atoms with Gasteiger partial charge in [-0.3, -0.25) is 4.79 Å². The number of amides is 1. The van der Waals surface area contributed by atoms with Crippen LogP contribution >= 0.6 is 0 Å². The first-order valence-corrected chi connectivity index (χ1v) is 5.10. The van der Waals surface area contributed by atoms with Crippen molar-refractivity contribution in [2.75, 3.05) is 7.11 Å². The predicted octanol–water partition coefficient (Wildman–Crippen LogP) is 0.559. The van der Waals surface area contributed by atoms with Crippen LogP contribution in [0.4, 0.5) is 0 Å². The largest absolute Gasteiger partial charge is 0.467 e. The minimum Gasteiger partial charge on any atom is -0.467 e. The Morgan fingerprint density at radius 3 is 2.86 bits per heavy atom. The van der Waals surface area contributed by atoms with Crippen molar-refractivity contribution in [1.29, 1.82) is 0 Å². The van der Waals surface area contributed by atoms with Gasteiger partial charge in [-0.2, -0.15) is 0 Å². The lowest BCUT2D eigenvalue weighted by atomic mass is 9.86. The fourth-order valence-corrected chi connectivity index (χ4v) is 2.64. The quantitative estimate of drug-likeness (QED) is 0.480. The number of rotatable bonds is 2. The zero-order valence-corrected chi connectivity index (χ0v) is 8.53. The maximum Gasteiger partial charge on any atom is 0.328 e. The smallest absolute Gasteiger partial charge is 0.328 e. The lowest BCUT2D eigenvalue weighted by Gasteiger charge is -2.44.